The van der Waals surface area contributed by atoms with Gasteiger partial charge in [0.2, 0.25) is 27.7 Å². The number of likely N-dealkylation sites (tertiary alicyclic amines) is 1. The average Bonchev–Trinajstić information content (AvgIpc) is 4.19. The second-order valence-corrected chi connectivity index (χ2v) is 19.6. The minimum Gasteiger partial charge on any atom is -0.496 e. The number of hydrogen-bond donors (Lipinski definition) is 2. The number of carbonyl (C=O) groups is 4. The maximum atomic E-state index is 14.9. The Labute approximate surface area is 364 Å². The summed E-state index contributed by atoms with van der Waals surface area (Å²) in [5, 5.41) is 2.85. The van der Waals surface area contributed by atoms with E-state index in [1.807, 2.05) is 37.3 Å². The molecule has 3 aromatic rings. The quantitative estimate of drug-likeness (QED) is 0.251. The van der Waals surface area contributed by atoms with Gasteiger partial charge in [0.05, 0.1) is 41.7 Å². The van der Waals surface area contributed by atoms with Crippen molar-refractivity contribution in [3.05, 3.63) is 60.3 Å². The number of aryl methyl sites for hydroxylation is 1. The molecule has 2 saturated carbocycles. The molecule has 1 unspecified atom stereocenters. The number of halogens is 3. The molecule has 3 aliphatic heterocycles. The van der Waals surface area contributed by atoms with Crippen molar-refractivity contribution in [2.24, 2.45) is 17.8 Å². The average molecular weight is 895 g/mol. The molecule has 5 aliphatic rings. The number of benzene rings is 1. The lowest BCUT2D eigenvalue weighted by atomic mass is 9.92. The van der Waals surface area contributed by atoms with Crippen molar-refractivity contribution in [1.29, 1.82) is 0 Å². The predicted octanol–water partition coefficient (Wildman–Crippen LogP) is 5.77. The number of piperidine rings is 1. The number of hydrogen-bond acceptors (Lipinski definition) is 10. The van der Waals surface area contributed by atoms with E-state index in [-0.39, 0.29) is 51.7 Å². The second kappa shape index (κ2) is 17.7. The van der Waals surface area contributed by atoms with Crippen molar-refractivity contribution in [3.63, 3.8) is 0 Å². The smallest absolute Gasteiger partial charge is 0.391 e. The van der Waals surface area contributed by atoms with Gasteiger partial charge < -0.3 is 24.6 Å². The summed E-state index contributed by atoms with van der Waals surface area (Å²) >= 11 is 0. The van der Waals surface area contributed by atoms with Crippen LogP contribution in [0.15, 0.2) is 54.7 Å². The van der Waals surface area contributed by atoms with Gasteiger partial charge in [0.25, 0.3) is 5.91 Å². The highest BCUT2D eigenvalue weighted by Gasteiger charge is 2.62. The molecule has 4 fully saturated rings. The minimum absolute atomic E-state index is 0.0142. The van der Waals surface area contributed by atoms with Crippen LogP contribution in [-0.4, -0.2) is 108 Å². The monoisotopic (exact) mass is 894 g/mol. The Kier molecular flexibility index (Phi) is 12.5. The van der Waals surface area contributed by atoms with Crippen LogP contribution in [0.3, 0.4) is 0 Å². The van der Waals surface area contributed by atoms with Gasteiger partial charge >= 0.3 is 6.18 Å². The number of allylic oxidation sites excluding steroid dienone is 1. The van der Waals surface area contributed by atoms with Crippen LogP contribution in [0.1, 0.15) is 82.6 Å². The van der Waals surface area contributed by atoms with Crippen molar-refractivity contribution < 1.29 is 50.2 Å². The lowest BCUT2D eigenvalue weighted by Crippen LogP contribution is -2.57. The van der Waals surface area contributed by atoms with E-state index in [1.165, 1.54) is 9.80 Å². The second-order valence-electron chi connectivity index (χ2n) is 17.6. The van der Waals surface area contributed by atoms with Crippen LogP contribution in [-0.2, 0) is 29.2 Å². The number of rotatable bonds is 9. The van der Waals surface area contributed by atoms with Crippen LogP contribution >= 0.6 is 0 Å². The Balaban J connectivity index is 1.12. The van der Waals surface area contributed by atoms with E-state index in [4.69, 9.17) is 14.5 Å². The van der Waals surface area contributed by atoms with Gasteiger partial charge in [-0.1, -0.05) is 31.1 Å². The van der Waals surface area contributed by atoms with E-state index >= 15 is 0 Å². The molecule has 0 bridgehead atoms. The largest absolute Gasteiger partial charge is 0.496 e. The molecule has 5 atom stereocenters. The summed E-state index contributed by atoms with van der Waals surface area (Å²) in [5.74, 6) is -4.27. The zero-order valence-corrected chi connectivity index (χ0v) is 36.2. The molecular formula is C45H53F3N6O8S. The van der Waals surface area contributed by atoms with Crippen molar-refractivity contribution in [3.8, 4) is 22.9 Å². The highest BCUT2D eigenvalue weighted by molar-refractivity contribution is 7.91. The standard InChI is InChI=1S/C45H53F3N6O8S/c1-27-37(61-2)16-15-33-38(24-35(50-40(27)33)34-12-8-9-19-49-34)62-31-23-36-41(56)51-44(43(58)52-63(59,60)32-13-14-32)25-30(44)11-7-5-3-4-6-10-28(42(57)54(36)26-31)22-39(55)53-20-17-29(18-21-53)45(46,47)48/h7-9,11-12,15-16,19,24,28-32,36H,3-6,10,13-14,17-18,20-23,25-26H2,1-2H3,(H,51,56)(H,52,58)/b11-7-/t28-,30?,31-,36+,44-/m1/s1. The van der Waals surface area contributed by atoms with Gasteiger partial charge in [0, 0.05) is 61.0 Å². The van der Waals surface area contributed by atoms with E-state index in [0.717, 1.165) is 12.0 Å². The number of nitrogens with zero attached hydrogens (tertiary/aromatic N) is 4. The van der Waals surface area contributed by atoms with Gasteiger partial charge in [0.1, 0.15) is 29.2 Å². The molecule has 0 spiro atoms. The zero-order chi connectivity index (χ0) is 44.7. The number of alkyl halides is 3. The molecule has 2 aromatic heterocycles. The third-order valence-corrected chi connectivity index (χ3v) is 15.1. The molecule has 18 heteroatoms. The van der Waals surface area contributed by atoms with Crippen molar-refractivity contribution >= 4 is 44.6 Å². The molecule has 1 aromatic carbocycles. The van der Waals surface area contributed by atoms with Gasteiger partial charge in [-0.05, 0) is 82.6 Å². The van der Waals surface area contributed by atoms with Gasteiger partial charge in [-0.2, -0.15) is 13.2 Å². The third kappa shape index (κ3) is 9.51. The van der Waals surface area contributed by atoms with Crippen LogP contribution in [0.4, 0.5) is 13.2 Å². The fourth-order valence-corrected chi connectivity index (χ4v) is 10.7. The van der Waals surface area contributed by atoms with E-state index in [9.17, 15) is 40.8 Å². The first-order valence-electron chi connectivity index (χ1n) is 21.8. The maximum Gasteiger partial charge on any atom is 0.391 e. The number of pyridine rings is 2. The van der Waals surface area contributed by atoms with E-state index in [2.05, 4.69) is 15.0 Å². The topological polar surface area (TPSA) is 177 Å². The summed E-state index contributed by atoms with van der Waals surface area (Å²) in [6, 6.07) is 9.60. The normalized spacial score (nSPS) is 26.7. The van der Waals surface area contributed by atoms with Crippen LogP contribution in [0.25, 0.3) is 22.3 Å². The summed E-state index contributed by atoms with van der Waals surface area (Å²) in [6.45, 7) is 1.65. The fraction of sp³-hybridized carbons (Fsp3) is 0.556. The fourth-order valence-electron chi connectivity index (χ4n) is 9.30. The summed E-state index contributed by atoms with van der Waals surface area (Å²) in [6.07, 6.45) is 3.57. The minimum atomic E-state index is -4.35. The number of nitrogens with one attached hydrogen (secondary N) is 2. The van der Waals surface area contributed by atoms with Gasteiger partial charge in [-0.15, -0.1) is 0 Å². The molecule has 338 valence electrons. The van der Waals surface area contributed by atoms with Crippen LogP contribution in [0.2, 0.25) is 0 Å². The molecule has 2 aliphatic carbocycles. The molecule has 14 nitrogen and oxygen atoms in total. The SMILES string of the molecule is COc1ccc2c(O[C@@H]3C[C@H]4C(=O)N[C@]5(C(=O)NS(=O)(=O)C6CC6)CC5/C=C\CCCCC[C@H](CC(=O)N5CCC(C(F)(F)F)CC5)C(=O)N4C3)cc(-c3ccccn3)nc2c1C. The Morgan fingerprint density at radius 3 is 2.48 bits per heavy atom. The number of methoxy groups -OCH3 is 1. The number of fused-ring (bicyclic) bond motifs is 3. The maximum absolute atomic E-state index is 14.9. The molecule has 0 radical (unpaired) electrons. The van der Waals surface area contributed by atoms with Crippen molar-refractivity contribution in [2.45, 2.75) is 113 Å². The van der Waals surface area contributed by atoms with Crippen molar-refractivity contribution in [1.82, 2.24) is 29.8 Å². The number of ether oxygens (including phenoxy) is 2. The molecule has 2 saturated heterocycles. The summed E-state index contributed by atoms with van der Waals surface area (Å²) < 4.78 is 80.9. The first-order valence-corrected chi connectivity index (χ1v) is 23.4. The summed E-state index contributed by atoms with van der Waals surface area (Å²) in [4.78, 5) is 69.4. The molecule has 63 heavy (non-hydrogen) atoms. The lowest BCUT2D eigenvalue weighted by molar-refractivity contribution is -0.186. The van der Waals surface area contributed by atoms with Gasteiger partial charge in [-0.3, -0.25) is 28.9 Å². The van der Waals surface area contributed by atoms with E-state index in [0.29, 0.717) is 72.3 Å². The van der Waals surface area contributed by atoms with Crippen molar-refractivity contribution in [2.75, 3.05) is 26.7 Å². The number of sulfonamides is 1. The number of aromatic nitrogens is 2. The Morgan fingerprint density at radius 2 is 1.78 bits per heavy atom. The van der Waals surface area contributed by atoms with E-state index in [1.54, 1.807) is 31.5 Å². The third-order valence-electron chi connectivity index (χ3n) is 13.3. The van der Waals surface area contributed by atoms with Crippen LogP contribution in [0, 0.1) is 24.7 Å². The number of amides is 4. The molecule has 8 rings (SSSR count). The Morgan fingerprint density at radius 1 is 1.00 bits per heavy atom. The summed E-state index contributed by atoms with van der Waals surface area (Å²) in [7, 11) is -2.39. The summed E-state index contributed by atoms with van der Waals surface area (Å²) in [5.41, 5.74) is 0.860. The molecular weight excluding hydrogens is 842 g/mol. The first-order chi connectivity index (χ1) is 30.1. The predicted molar refractivity (Wildman–Crippen MR) is 226 cm³/mol. The van der Waals surface area contributed by atoms with Gasteiger partial charge in [-0.25, -0.2) is 13.4 Å². The highest BCUT2D eigenvalue weighted by Crippen LogP contribution is 2.46. The van der Waals surface area contributed by atoms with Crippen LogP contribution in [0.5, 0.6) is 11.5 Å². The van der Waals surface area contributed by atoms with E-state index < -0.39 is 80.5 Å². The lowest BCUT2D eigenvalue weighted by Gasteiger charge is -2.34. The molecule has 4 amide bonds. The molecule has 2 N–H and O–H groups in total. The Hall–Kier alpha value is -5.26. The number of carbonyl (C=O) groups excluding carboxylic acids is 4. The Bertz CT molecular complexity index is 2390. The van der Waals surface area contributed by atoms with Crippen LogP contribution < -0.4 is 19.5 Å². The molecule has 5 heterocycles. The van der Waals surface area contributed by atoms with Gasteiger partial charge in [0.15, 0.2) is 0 Å². The highest BCUT2D eigenvalue weighted by atomic mass is 32.2. The zero-order valence-electron chi connectivity index (χ0n) is 35.4. The first kappa shape index (κ1) is 44.4.